The first kappa shape index (κ1) is 19.5. The monoisotopic (exact) mass is 400 g/mol. The Morgan fingerprint density at radius 2 is 1.77 bits per heavy atom. The van der Waals surface area contributed by atoms with Crippen LogP contribution in [-0.4, -0.2) is 18.4 Å². The first-order valence-corrected chi connectivity index (χ1v) is 9.56. The van der Waals surface area contributed by atoms with Crippen LogP contribution in [0.3, 0.4) is 0 Å². The average molecular weight is 400 g/mol. The Labute approximate surface area is 174 Å². The highest BCUT2D eigenvalue weighted by Crippen LogP contribution is 2.34. The summed E-state index contributed by atoms with van der Waals surface area (Å²) in [5.74, 6) is 0.437. The van der Waals surface area contributed by atoms with E-state index in [0.29, 0.717) is 17.1 Å². The van der Waals surface area contributed by atoms with Crippen LogP contribution in [0.2, 0.25) is 0 Å². The first-order valence-electron chi connectivity index (χ1n) is 9.56. The van der Waals surface area contributed by atoms with E-state index < -0.39 is 5.97 Å². The molecule has 150 valence electrons. The van der Waals surface area contributed by atoms with Gasteiger partial charge in [-0.05, 0) is 36.3 Å². The summed E-state index contributed by atoms with van der Waals surface area (Å²) in [4.78, 5) is 24.5. The van der Waals surface area contributed by atoms with E-state index in [9.17, 15) is 9.59 Å². The van der Waals surface area contributed by atoms with Crippen molar-refractivity contribution in [1.82, 2.24) is 0 Å². The lowest BCUT2D eigenvalue weighted by molar-refractivity contribution is -0.147. The minimum absolute atomic E-state index is 0.181. The standard InChI is InChI=1S/C25H20O5/c1-17-7-9-18(10-8-17)13-23-25(27)21-12-11-20(14-22(21)30-23)28-16-24(26)29-15-19-5-3-2-4-6-19/h2-14H,15-16H2,1H3. The number of Topliss-reactive ketones (excluding diaryl/α,β-unsaturated/α-hetero) is 1. The molecule has 0 amide bonds. The summed E-state index contributed by atoms with van der Waals surface area (Å²) in [6.07, 6.45) is 1.71. The molecular formula is C25H20O5. The number of fused-ring (bicyclic) bond motifs is 1. The van der Waals surface area contributed by atoms with Crippen molar-refractivity contribution in [2.45, 2.75) is 13.5 Å². The maximum absolute atomic E-state index is 12.6. The molecule has 3 aromatic rings. The Balaban J connectivity index is 1.36. The third kappa shape index (κ3) is 4.58. The Morgan fingerprint density at radius 1 is 1.00 bits per heavy atom. The van der Waals surface area contributed by atoms with E-state index in [4.69, 9.17) is 14.2 Å². The van der Waals surface area contributed by atoms with Crippen molar-refractivity contribution < 1.29 is 23.8 Å². The predicted molar refractivity (Wildman–Crippen MR) is 112 cm³/mol. The van der Waals surface area contributed by atoms with E-state index in [-0.39, 0.29) is 24.8 Å². The van der Waals surface area contributed by atoms with Gasteiger partial charge in [-0.2, -0.15) is 0 Å². The van der Waals surface area contributed by atoms with Crippen LogP contribution in [0.25, 0.3) is 6.08 Å². The van der Waals surface area contributed by atoms with Crippen LogP contribution in [0.1, 0.15) is 27.0 Å². The van der Waals surface area contributed by atoms with Crippen LogP contribution in [0.5, 0.6) is 11.5 Å². The third-order valence-electron chi connectivity index (χ3n) is 4.62. The summed E-state index contributed by atoms with van der Waals surface area (Å²) in [5.41, 5.74) is 3.40. The summed E-state index contributed by atoms with van der Waals surface area (Å²) in [6.45, 7) is 1.96. The van der Waals surface area contributed by atoms with E-state index in [1.165, 1.54) is 0 Å². The smallest absolute Gasteiger partial charge is 0.344 e. The molecular weight excluding hydrogens is 380 g/mol. The third-order valence-corrected chi connectivity index (χ3v) is 4.62. The van der Waals surface area contributed by atoms with Gasteiger partial charge in [0, 0.05) is 6.07 Å². The summed E-state index contributed by atoms with van der Waals surface area (Å²) in [7, 11) is 0. The van der Waals surface area contributed by atoms with Crippen molar-refractivity contribution in [3.63, 3.8) is 0 Å². The number of benzene rings is 3. The van der Waals surface area contributed by atoms with Gasteiger partial charge in [-0.1, -0.05) is 60.2 Å². The number of ketones is 1. The highest BCUT2D eigenvalue weighted by molar-refractivity contribution is 6.14. The molecule has 5 nitrogen and oxygen atoms in total. The number of aryl methyl sites for hydroxylation is 1. The summed E-state index contributed by atoms with van der Waals surface area (Å²) < 4.78 is 16.4. The fraction of sp³-hybridized carbons (Fsp3) is 0.120. The molecule has 0 bridgehead atoms. The molecule has 0 radical (unpaired) electrons. The van der Waals surface area contributed by atoms with Gasteiger partial charge >= 0.3 is 5.97 Å². The van der Waals surface area contributed by atoms with Crippen LogP contribution < -0.4 is 9.47 Å². The number of esters is 1. The second kappa shape index (κ2) is 8.66. The number of rotatable bonds is 6. The molecule has 0 unspecified atom stereocenters. The van der Waals surface area contributed by atoms with Gasteiger partial charge < -0.3 is 14.2 Å². The van der Waals surface area contributed by atoms with Gasteiger partial charge in [-0.25, -0.2) is 4.79 Å². The maximum atomic E-state index is 12.6. The van der Waals surface area contributed by atoms with E-state index >= 15 is 0 Å². The van der Waals surface area contributed by atoms with Gasteiger partial charge in [0.05, 0.1) is 5.56 Å². The molecule has 0 fully saturated rings. The molecule has 30 heavy (non-hydrogen) atoms. The molecule has 0 aliphatic carbocycles. The summed E-state index contributed by atoms with van der Waals surface area (Å²) in [6, 6.07) is 22.1. The van der Waals surface area contributed by atoms with E-state index in [1.807, 2.05) is 61.5 Å². The molecule has 3 aromatic carbocycles. The SMILES string of the molecule is Cc1ccc(C=C2Oc3cc(OCC(=O)OCc4ccccc4)ccc3C2=O)cc1. The Hall–Kier alpha value is -3.86. The largest absolute Gasteiger partial charge is 0.482 e. The van der Waals surface area contributed by atoms with Crippen molar-refractivity contribution in [2.75, 3.05) is 6.61 Å². The molecule has 0 saturated carbocycles. The molecule has 0 N–H and O–H groups in total. The molecule has 1 aliphatic rings. The quantitative estimate of drug-likeness (QED) is 0.442. The predicted octanol–water partition coefficient (Wildman–Crippen LogP) is 4.73. The average Bonchev–Trinajstić information content (AvgIpc) is 3.07. The number of allylic oxidation sites excluding steroid dienone is 1. The van der Waals surface area contributed by atoms with Crippen molar-refractivity contribution in [2.24, 2.45) is 0 Å². The van der Waals surface area contributed by atoms with Crippen LogP contribution in [-0.2, 0) is 16.1 Å². The van der Waals surface area contributed by atoms with Crippen molar-refractivity contribution >= 4 is 17.8 Å². The minimum Gasteiger partial charge on any atom is -0.482 e. The van der Waals surface area contributed by atoms with Crippen LogP contribution in [0, 0.1) is 6.92 Å². The van der Waals surface area contributed by atoms with Crippen molar-refractivity contribution in [3.05, 3.63) is 101 Å². The molecule has 1 aliphatic heterocycles. The molecule has 0 aromatic heterocycles. The number of carbonyl (C=O) groups excluding carboxylic acids is 2. The minimum atomic E-state index is -0.476. The molecule has 5 heteroatoms. The lowest BCUT2D eigenvalue weighted by atomic mass is 10.1. The van der Waals surface area contributed by atoms with Gasteiger partial charge in [-0.3, -0.25) is 4.79 Å². The van der Waals surface area contributed by atoms with Gasteiger partial charge in [-0.15, -0.1) is 0 Å². The van der Waals surface area contributed by atoms with Gasteiger partial charge in [0.25, 0.3) is 0 Å². The zero-order chi connectivity index (χ0) is 20.9. The second-order valence-corrected chi connectivity index (χ2v) is 6.94. The van der Waals surface area contributed by atoms with Gasteiger partial charge in [0.15, 0.2) is 12.4 Å². The number of carbonyl (C=O) groups is 2. The van der Waals surface area contributed by atoms with E-state index in [2.05, 4.69) is 0 Å². The van der Waals surface area contributed by atoms with E-state index in [0.717, 1.165) is 16.7 Å². The fourth-order valence-corrected chi connectivity index (χ4v) is 2.99. The van der Waals surface area contributed by atoms with Gasteiger partial charge in [0.1, 0.15) is 18.1 Å². The van der Waals surface area contributed by atoms with Crippen LogP contribution in [0.15, 0.2) is 78.6 Å². The molecule has 0 atom stereocenters. The zero-order valence-electron chi connectivity index (χ0n) is 16.5. The molecule has 0 spiro atoms. The number of hydrogen-bond donors (Lipinski definition) is 0. The molecule has 1 heterocycles. The summed E-state index contributed by atoms with van der Waals surface area (Å²) in [5, 5.41) is 0. The first-order chi connectivity index (χ1) is 14.6. The Morgan fingerprint density at radius 3 is 2.53 bits per heavy atom. The lowest BCUT2D eigenvalue weighted by Crippen LogP contribution is -2.14. The number of hydrogen-bond acceptors (Lipinski definition) is 5. The van der Waals surface area contributed by atoms with Gasteiger partial charge in [0.2, 0.25) is 5.78 Å². The molecule has 4 rings (SSSR count). The lowest BCUT2D eigenvalue weighted by Gasteiger charge is -2.08. The fourth-order valence-electron chi connectivity index (χ4n) is 2.99. The highest BCUT2D eigenvalue weighted by Gasteiger charge is 2.27. The second-order valence-electron chi connectivity index (χ2n) is 6.94. The van der Waals surface area contributed by atoms with Crippen molar-refractivity contribution in [1.29, 1.82) is 0 Å². The topological polar surface area (TPSA) is 61.8 Å². The van der Waals surface area contributed by atoms with Crippen LogP contribution in [0.4, 0.5) is 0 Å². The number of ether oxygens (including phenoxy) is 3. The zero-order valence-corrected chi connectivity index (χ0v) is 16.5. The summed E-state index contributed by atoms with van der Waals surface area (Å²) >= 11 is 0. The maximum Gasteiger partial charge on any atom is 0.344 e. The van der Waals surface area contributed by atoms with Crippen LogP contribution >= 0.6 is 0 Å². The Kier molecular flexibility index (Phi) is 5.61. The Bertz CT molecular complexity index is 1100. The molecule has 0 saturated heterocycles. The van der Waals surface area contributed by atoms with E-state index in [1.54, 1.807) is 24.3 Å². The van der Waals surface area contributed by atoms with Crippen molar-refractivity contribution in [3.8, 4) is 11.5 Å². The highest BCUT2D eigenvalue weighted by atomic mass is 16.6. The normalized spacial score (nSPS) is 13.6.